The third kappa shape index (κ3) is 2.50. The predicted molar refractivity (Wildman–Crippen MR) is 75.5 cm³/mol. The molecule has 0 saturated carbocycles. The van der Waals surface area contributed by atoms with Gasteiger partial charge in [0.2, 0.25) is 0 Å². The van der Waals surface area contributed by atoms with Gasteiger partial charge in [-0.1, -0.05) is 35.3 Å². The Bertz CT molecular complexity index is 570. The first-order valence-electron chi connectivity index (χ1n) is 5.35. The normalized spacial score (nSPS) is 10.4. The van der Waals surface area contributed by atoms with Crippen LogP contribution in [0.1, 0.15) is 21.5 Å². The molecule has 2 aromatic rings. The van der Waals surface area contributed by atoms with E-state index < -0.39 is 0 Å². The van der Waals surface area contributed by atoms with Gasteiger partial charge in [0.05, 0.1) is 10.0 Å². The van der Waals surface area contributed by atoms with Crippen molar-refractivity contribution in [1.29, 1.82) is 0 Å². The molecule has 2 N–H and O–H groups in total. The smallest absolute Gasteiger partial charge is 0.193 e. The Morgan fingerprint density at radius 1 is 1.00 bits per heavy atom. The summed E-state index contributed by atoms with van der Waals surface area (Å²) in [5.74, 6) is -0.125. The molecule has 0 aliphatic carbocycles. The fraction of sp³-hybridized carbons (Fsp3) is 0.0714. The molecule has 0 heterocycles. The minimum absolute atomic E-state index is 0.125. The Hall–Kier alpha value is -1.51. The van der Waals surface area contributed by atoms with Crippen LogP contribution in [0.25, 0.3) is 0 Å². The molecule has 0 aliphatic heterocycles. The number of carbonyl (C=O) groups is 1. The molecule has 0 fully saturated rings. The molecule has 2 nitrogen and oxygen atoms in total. The first-order valence-corrected chi connectivity index (χ1v) is 6.10. The van der Waals surface area contributed by atoms with Gasteiger partial charge in [0.25, 0.3) is 0 Å². The van der Waals surface area contributed by atoms with E-state index in [4.69, 9.17) is 28.9 Å². The quantitative estimate of drug-likeness (QED) is 0.664. The second-order valence-corrected chi connectivity index (χ2v) is 4.84. The number of aryl methyl sites for hydroxylation is 1. The molecule has 0 unspecified atom stereocenters. The van der Waals surface area contributed by atoms with E-state index in [9.17, 15) is 4.79 Å². The Balaban J connectivity index is 2.41. The number of benzene rings is 2. The molecule has 0 radical (unpaired) electrons. The van der Waals surface area contributed by atoms with Gasteiger partial charge in [-0.2, -0.15) is 0 Å². The van der Waals surface area contributed by atoms with Crippen LogP contribution in [-0.2, 0) is 0 Å². The van der Waals surface area contributed by atoms with Gasteiger partial charge in [0.1, 0.15) is 0 Å². The van der Waals surface area contributed by atoms with Gasteiger partial charge in [0, 0.05) is 16.8 Å². The van der Waals surface area contributed by atoms with Crippen LogP contribution in [0.2, 0.25) is 10.0 Å². The van der Waals surface area contributed by atoms with E-state index in [0.29, 0.717) is 26.9 Å². The summed E-state index contributed by atoms with van der Waals surface area (Å²) in [4.78, 5) is 12.2. The molecule has 0 saturated heterocycles. The molecule has 0 aliphatic rings. The Labute approximate surface area is 115 Å². The average molecular weight is 280 g/mol. The number of hydrogen-bond donors (Lipinski definition) is 1. The highest BCUT2D eigenvalue weighted by molar-refractivity contribution is 6.42. The maximum absolute atomic E-state index is 12.2. The fourth-order valence-electron chi connectivity index (χ4n) is 1.59. The van der Waals surface area contributed by atoms with E-state index in [1.165, 1.54) is 0 Å². The Morgan fingerprint density at radius 2 is 1.61 bits per heavy atom. The van der Waals surface area contributed by atoms with Crippen molar-refractivity contribution in [1.82, 2.24) is 0 Å². The van der Waals surface area contributed by atoms with Crippen LogP contribution in [0, 0.1) is 6.92 Å². The zero-order chi connectivity index (χ0) is 13.3. The lowest BCUT2D eigenvalue weighted by molar-refractivity contribution is 0.103. The van der Waals surface area contributed by atoms with Crippen LogP contribution >= 0.6 is 23.2 Å². The summed E-state index contributed by atoms with van der Waals surface area (Å²) in [7, 11) is 0. The average Bonchev–Trinajstić information content (AvgIpc) is 2.35. The minimum atomic E-state index is -0.125. The van der Waals surface area contributed by atoms with E-state index in [0.717, 1.165) is 5.56 Å². The number of anilines is 1. The highest BCUT2D eigenvalue weighted by Crippen LogP contribution is 2.24. The Morgan fingerprint density at radius 3 is 2.22 bits per heavy atom. The standard InChI is InChI=1S/C14H11Cl2NO/c1-8-2-3-10(7-13(8)17)14(18)9-4-5-11(15)12(16)6-9/h2-7H,17H2,1H3. The third-order valence-electron chi connectivity index (χ3n) is 2.72. The summed E-state index contributed by atoms with van der Waals surface area (Å²) in [6.45, 7) is 1.89. The van der Waals surface area contributed by atoms with E-state index in [2.05, 4.69) is 0 Å². The minimum Gasteiger partial charge on any atom is -0.398 e. The molecule has 92 valence electrons. The molecule has 0 spiro atoms. The first-order chi connectivity index (χ1) is 8.49. The van der Waals surface area contributed by atoms with Crippen molar-refractivity contribution in [2.45, 2.75) is 6.92 Å². The zero-order valence-corrected chi connectivity index (χ0v) is 11.2. The molecule has 4 heteroatoms. The van der Waals surface area contributed by atoms with Crippen molar-refractivity contribution in [3.63, 3.8) is 0 Å². The lowest BCUT2D eigenvalue weighted by atomic mass is 10.0. The van der Waals surface area contributed by atoms with Crippen LogP contribution in [0.3, 0.4) is 0 Å². The topological polar surface area (TPSA) is 43.1 Å². The molecule has 18 heavy (non-hydrogen) atoms. The monoisotopic (exact) mass is 279 g/mol. The third-order valence-corrected chi connectivity index (χ3v) is 3.46. The van der Waals surface area contributed by atoms with E-state index in [-0.39, 0.29) is 5.78 Å². The molecule has 0 aromatic heterocycles. The van der Waals surface area contributed by atoms with Crippen molar-refractivity contribution < 1.29 is 4.79 Å². The van der Waals surface area contributed by atoms with E-state index in [1.807, 2.05) is 13.0 Å². The SMILES string of the molecule is Cc1ccc(C(=O)c2ccc(Cl)c(Cl)c2)cc1N. The summed E-state index contributed by atoms with van der Waals surface area (Å²) in [5.41, 5.74) is 8.37. The zero-order valence-electron chi connectivity index (χ0n) is 9.71. The van der Waals surface area contributed by atoms with Gasteiger partial charge in [-0.3, -0.25) is 4.79 Å². The number of nitrogens with two attached hydrogens (primary N) is 1. The number of carbonyl (C=O) groups excluding carboxylic acids is 1. The van der Waals surface area contributed by atoms with Crippen LogP contribution in [0.4, 0.5) is 5.69 Å². The summed E-state index contributed by atoms with van der Waals surface area (Å²) >= 11 is 11.7. The Kier molecular flexibility index (Phi) is 3.60. The van der Waals surface area contributed by atoms with Gasteiger partial charge in [-0.05, 0) is 36.8 Å². The molecule has 2 rings (SSSR count). The maximum Gasteiger partial charge on any atom is 0.193 e. The molecular weight excluding hydrogens is 269 g/mol. The largest absolute Gasteiger partial charge is 0.398 e. The number of halogens is 2. The lowest BCUT2D eigenvalue weighted by Crippen LogP contribution is -2.03. The van der Waals surface area contributed by atoms with Crippen LogP contribution < -0.4 is 5.73 Å². The van der Waals surface area contributed by atoms with E-state index in [1.54, 1.807) is 30.3 Å². The summed E-state index contributed by atoms with van der Waals surface area (Å²) in [6.07, 6.45) is 0. The molecular formula is C14H11Cl2NO. The van der Waals surface area contributed by atoms with Crippen molar-refractivity contribution in [3.8, 4) is 0 Å². The van der Waals surface area contributed by atoms with Crippen molar-refractivity contribution in [2.24, 2.45) is 0 Å². The van der Waals surface area contributed by atoms with Crippen molar-refractivity contribution in [2.75, 3.05) is 5.73 Å². The highest BCUT2D eigenvalue weighted by Gasteiger charge is 2.11. The van der Waals surface area contributed by atoms with Gasteiger partial charge in [-0.15, -0.1) is 0 Å². The predicted octanol–water partition coefficient (Wildman–Crippen LogP) is 4.12. The molecule has 2 aromatic carbocycles. The number of hydrogen-bond acceptors (Lipinski definition) is 2. The first kappa shape index (κ1) is 12.9. The fourth-order valence-corrected chi connectivity index (χ4v) is 1.88. The van der Waals surface area contributed by atoms with Crippen LogP contribution in [-0.4, -0.2) is 5.78 Å². The van der Waals surface area contributed by atoms with Gasteiger partial charge < -0.3 is 5.73 Å². The van der Waals surface area contributed by atoms with Gasteiger partial charge >= 0.3 is 0 Å². The van der Waals surface area contributed by atoms with Crippen molar-refractivity contribution >= 4 is 34.7 Å². The van der Waals surface area contributed by atoms with Gasteiger partial charge in [0.15, 0.2) is 5.78 Å². The molecule has 0 bridgehead atoms. The maximum atomic E-state index is 12.2. The van der Waals surface area contributed by atoms with E-state index >= 15 is 0 Å². The number of ketones is 1. The van der Waals surface area contributed by atoms with Gasteiger partial charge in [-0.25, -0.2) is 0 Å². The van der Waals surface area contributed by atoms with Crippen LogP contribution in [0.15, 0.2) is 36.4 Å². The second kappa shape index (κ2) is 5.01. The van der Waals surface area contributed by atoms with Crippen molar-refractivity contribution in [3.05, 3.63) is 63.1 Å². The summed E-state index contributed by atoms with van der Waals surface area (Å²) in [6, 6.07) is 10.0. The van der Waals surface area contributed by atoms with Crippen LogP contribution in [0.5, 0.6) is 0 Å². The second-order valence-electron chi connectivity index (χ2n) is 4.03. The summed E-state index contributed by atoms with van der Waals surface area (Å²) < 4.78 is 0. The highest BCUT2D eigenvalue weighted by atomic mass is 35.5. The number of nitrogen functional groups attached to an aromatic ring is 1. The molecule has 0 amide bonds. The summed E-state index contributed by atoms with van der Waals surface area (Å²) in [5, 5.41) is 0.791. The number of rotatable bonds is 2. The lowest BCUT2D eigenvalue weighted by Gasteiger charge is -2.05. The molecule has 0 atom stereocenters.